The number of aromatic hydroxyl groups is 1. The summed E-state index contributed by atoms with van der Waals surface area (Å²) in [6.07, 6.45) is 1.36. The van der Waals surface area contributed by atoms with Crippen LogP contribution in [0.25, 0.3) is 6.08 Å². The molecule has 0 bridgehead atoms. The Labute approximate surface area is 149 Å². The monoisotopic (exact) mass is 353 g/mol. The lowest BCUT2D eigenvalue weighted by molar-refractivity contribution is -0.384. The molecular weight excluding hydrogens is 338 g/mol. The first-order valence-electron chi connectivity index (χ1n) is 7.58. The van der Waals surface area contributed by atoms with Crippen LogP contribution in [0, 0.1) is 21.4 Å². The van der Waals surface area contributed by atoms with E-state index in [0.29, 0.717) is 17.9 Å². The highest BCUT2D eigenvalue weighted by Crippen LogP contribution is 2.28. The van der Waals surface area contributed by atoms with Gasteiger partial charge in [0, 0.05) is 11.6 Å². The third-order valence-electron chi connectivity index (χ3n) is 3.32. The van der Waals surface area contributed by atoms with Crippen molar-refractivity contribution in [2.24, 2.45) is 0 Å². The number of hydrogen-bond donors (Lipinski definition) is 2. The number of anilines is 1. The Morgan fingerprint density at radius 2 is 2.12 bits per heavy atom. The molecule has 0 fully saturated rings. The number of rotatable bonds is 6. The van der Waals surface area contributed by atoms with Gasteiger partial charge in [0.05, 0.1) is 23.3 Å². The fourth-order valence-corrected chi connectivity index (χ4v) is 2.12. The Hall–Kier alpha value is -3.86. The van der Waals surface area contributed by atoms with Crippen LogP contribution in [0.15, 0.2) is 48.0 Å². The van der Waals surface area contributed by atoms with E-state index < -0.39 is 16.6 Å². The Morgan fingerprint density at radius 1 is 1.38 bits per heavy atom. The number of ether oxygens (including phenoxy) is 1. The molecule has 0 aliphatic carbocycles. The molecule has 0 heterocycles. The van der Waals surface area contributed by atoms with Gasteiger partial charge in [-0.25, -0.2) is 0 Å². The highest BCUT2D eigenvalue weighted by molar-refractivity contribution is 6.10. The summed E-state index contributed by atoms with van der Waals surface area (Å²) in [4.78, 5) is 22.3. The molecule has 0 spiro atoms. The normalized spacial score (nSPS) is 10.7. The zero-order valence-electron chi connectivity index (χ0n) is 13.8. The highest BCUT2D eigenvalue weighted by atomic mass is 16.6. The van der Waals surface area contributed by atoms with Crippen LogP contribution in [0.1, 0.15) is 12.5 Å². The smallest absolute Gasteiger partial charge is 0.273 e. The number of phenolic OH excluding ortho intramolecular Hbond substituents is 1. The number of hydrogen-bond acceptors (Lipinski definition) is 6. The summed E-state index contributed by atoms with van der Waals surface area (Å²) in [6.45, 7) is 2.24. The topological polar surface area (TPSA) is 125 Å². The fraction of sp³-hybridized carbons (Fsp3) is 0.111. The summed E-state index contributed by atoms with van der Waals surface area (Å²) in [5, 5.41) is 32.1. The molecule has 8 heteroatoms. The number of carbonyl (C=O) groups excluding carboxylic acids is 1. The molecule has 0 aliphatic rings. The number of nitriles is 1. The minimum absolute atomic E-state index is 0.0418. The Balaban J connectivity index is 2.27. The van der Waals surface area contributed by atoms with Crippen molar-refractivity contribution in [3.63, 3.8) is 0 Å². The van der Waals surface area contributed by atoms with Gasteiger partial charge in [0.2, 0.25) is 0 Å². The van der Waals surface area contributed by atoms with Gasteiger partial charge in [0.25, 0.3) is 11.6 Å². The fourth-order valence-electron chi connectivity index (χ4n) is 2.12. The summed E-state index contributed by atoms with van der Waals surface area (Å²) >= 11 is 0. The van der Waals surface area contributed by atoms with Crippen LogP contribution in [0.2, 0.25) is 0 Å². The largest absolute Gasteiger partial charge is 0.506 e. The molecule has 26 heavy (non-hydrogen) atoms. The summed E-state index contributed by atoms with van der Waals surface area (Å²) in [5.74, 6) is -0.712. The molecule has 132 valence electrons. The van der Waals surface area contributed by atoms with Gasteiger partial charge >= 0.3 is 0 Å². The van der Waals surface area contributed by atoms with Gasteiger partial charge in [-0.3, -0.25) is 14.9 Å². The molecule has 2 rings (SSSR count). The predicted molar refractivity (Wildman–Crippen MR) is 94.6 cm³/mol. The van der Waals surface area contributed by atoms with Gasteiger partial charge < -0.3 is 15.2 Å². The Morgan fingerprint density at radius 3 is 2.73 bits per heavy atom. The third kappa shape index (κ3) is 4.36. The van der Waals surface area contributed by atoms with E-state index in [9.17, 15) is 25.3 Å². The Kier molecular flexibility index (Phi) is 5.90. The van der Waals surface area contributed by atoms with Crippen molar-refractivity contribution in [1.29, 1.82) is 5.26 Å². The maximum atomic E-state index is 12.3. The lowest BCUT2D eigenvalue weighted by Gasteiger charge is -2.08. The maximum absolute atomic E-state index is 12.3. The predicted octanol–water partition coefficient (Wildman–Crippen LogP) is 3.24. The molecule has 0 atom stereocenters. The highest BCUT2D eigenvalue weighted by Gasteiger charge is 2.15. The number of nitro benzene ring substituents is 1. The van der Waals surface area contributed by atoms with E-state index in [-0.39, 0.29) is 16.9 Å². The minimum Gasteiger partial charge on any atom is -0.506 e. The SMILES string of the molecule is CCOc1ccccc1/C=C(\C#N)C(=O)Nc1ccc([N+](=O)[O-])cc1O. The van der Waals surface area contributed by atoms with Gasteiger partial charge in [-0.05, 0) is 25.1 Å². The van der Waals surface area contributed by atoms with E-state index in [1.54, 1.807) is 30.3 Å². The molecular formula is C18H15N3O5. The van der Waals surface area contributed by atoms with Crippen LogP contribution in [-0.2, 0) is 4.79 Å². The molecule has 8 nitrogen and oxygen atoms in total. The minimum atomic E-state index is -0.761. The number of para-hydroxylation sites is 1. The van der Waals surface area contributed by atoms with Crippen LogP contribution < -0.4 is 10.1 Å². The molecule has 2 N–H and O–H groups in total. The molecule has 0 radical (unpaired) electrons. The maximum Gasteiger partial charge on any atom is 0.273 e. The molecule has 0 aromatic heterocycles. The summed E-state index contributed by atoms with van der Waals surface area (Å²) in [7, 11) is 0. The second-order valence-corrected chi connectivity index (χ2v) is 5.05. The first-order chi connectivity index (χ1) is 12.5. The number of carbonyl (C=O) groups is 1. The zero-order chi connectivity index (χ0) is 19.1. The van der Waals surface area contributed by atoms with Gasteiger partial charge in [0.1, 0.15) is 23.1 Å². The molecule has 0 aliphatic heterocycles. The standard InChI is InChI=1S/C18H15N3O5/c1-2-26-17-6-4-3-5-12(17)9-13(11-19)18(23)20-15-8-7-14(21(24)25)10-16(15)22/h3-10,22H,2H2,1H3,(H,20,23)/b13-9+. The van der Waals surface area contributed by atoms with Crippen molar-refractivity contribution >= 4 is 23.4 Å². The van der Waals surface area contributed by atoms with Crippen molar-refractivity contribution in [1.82, 2.24) is 0 Å². The van der Waals surface area contributed by atoms with Gasteiger partial charge in [-0.2, -0.15) is 5.26 Å². The van der Waals surface area contributed by atoms with E-state index in [1.165, 1.54) is 12.1 Å². The number of non-ortho nitro benzene ring substituents is 1. The van der Waals surface area contributed by atoms with Crippen LogP contribution in [0.3, 0.4) is 0 Å². The molecule has 0 saturated carbocycles. The number of nitro groups is 1. The van der Waals surface area contributed by atoms with Crippen LogP contribution in [0.5, 0.6) is 11.5 Å². The molecule has 1 amide bonds. The van der Waals surface area contributed by atoms with Gasteiger partial charge in [-0.1, -0.05) is 18.2 Å². The van der Waals surface area contributed by atoms with E-state index in [0.717, 1.165) is 12.1 Å². The average molecular weight is 353 g/mol. The Bertz CT molecular complexity index is 915. The lowest BCUT2D eigenvalue weighted by atomic mass is 10.1. The van der Waals surface area contributed by atoms with Crippen LogP contribution in [-0.4, -0.2) is 22.5 Å². The van der Waals surface area contributed by atoms with Crippen molar-refractivity contribution in [3.8, 4) is 17.6 Å². The number of nitrogens with zero attached hydrogens (tertiary/aromatic N) is 2. The summed E-state index contributed by atoms with van der Waals surface area (Å²) < 4.78 is 5.45. The van der Waals surface area contributed by atoms with E-state index in [1.807, 2.05) is 6.92 Å². The van der Waals surface area contributed by atoms with Crippen molar-refractivity contribution < 1.29 is 19.6 Å². The molecule has 2 aromatic carbocycles. The molecule has 0 unspecified atom stereocenters. The third-order valence-corrected chi connectivity index (χ3v) is 3.32. The summed E-state index contributed by atoms with van der Waals surface area (Å²) in [6, 6.07) is 11.9. The second-order valence-electron chi connectivity index (χ2n) is 5.05. The number of phenols is 1. The number of benzene rings is 2. The number of nitrogens with one attached hydrogen (secondary N) is 1. The van der Waals surface area contributed by atoms with E-state index in [4.69, 9.17) is 4.74 Å². The first-order valence-corrected chi connectivity index (χ1v) is 7.58. The lowest BCUT2D eigenvalue weighted by Crippen LogP contribution is -2.13. The van der Waals surface area contributed by atoms with E-state index in [2.05, 4.69) is 5.32 Å². The summed E-state index contributed by atoms with van der Waals surface area (Å²) in [5.41, 5.74) is -0.0223. The van der Waals surface area contributed by atoms with Crippen molar-refractivity contribution in [3.05, 3.63) is 63.7 Å². The second kappa shape index (κ2) is 8.30. The van der Waals surface area contributed by atoms with Crippen molar-refractivity contribution in [2.75, 3.05) is 11.9 Å². The van der Waals surface area contributed by atoms with Crippen LogP contribution in [0.4, 0.5) is 11.4 Å². The zero-order valence-corrected chi connectivity index (χ0v) is 13.8. The first kappa shape index (κ1) is 18.5. The van der Waals surface area contributed by atoms with Crippen molar-refractivity contribution in [2.45, 2.75) is 6.92 Å². The van der Waals surface area contributed by atoms with Crippen LogP contribution >= 0.6 is 0 Å². The average Bonchev–Trinajstić information content (AvgIpc) is 2.62. The van der Waals surface area contributed by atoms with Gasteiger partial charge in [0.15, 0.2) is 0 Å². The molecule has 0 saturated heterocycles. The van der Waals surface area contributed by atoms with Gasteiger partial charge in [-0.15, -0.1) is 0 Å². The quantitative estimate of drug-likeness (QED) is 0.270. The molecule has 2 aromatic rings. The number of amides is 1. The van der Waals surface area contributed by atoms with E-state index >= 15 is 0 Å².